The summed E-state index contributed by atoms with van der Waals surface area (Å²) >= 11 is 5.85. The number of benzene rings is 1. The van der Waals surface area contributed by atoms with Crippen LogP contribution in [0, 0.1) is 24.0 Å². The van der Waals surface area contributed by atoms with Crippen LogP contribution in [0.15, 0.2) is 36.4 Å². The molecule has 1 saturated heterocycles. The van der Waals surface area contributed by atoms with Gasteiger partial charge in [0.25, 0.3) is 5.91 Å². The van der Waals surface area contributed by atoms with Crippen LogP contribution in [0.1, 0.15) is 47.9 Å². The van der Waals surface area contributed by atoms with Crippen LogP contribution in [0.5, 0.6) is 0 Å². The summed E-state index contributed by atoms with van der Waals surface area (Å²) in [4.78, 5) is 31.5. The summed E-state index contributed by atoms with van der Waals surface area (Å²) in [5.74, 6) is -2.25. The number of likely N-dealkylation sites (tertiary alicyclic amines) is 1. The Balaban J connectivity index is 1.58. The Bertz CT molecular complexity index is 1300. The number of aromatic amines is 1. The number of pyridine rings is 1. The smallest absolute Gasteiger partial charge is 0.310 e. The van der Waals surface area contributed by atoms with Crippen molar-refractivity contribution in [3.8, 4) is 0 Å². The average molecular weight is 518 g/mol. The summed E-state index contributed by atoms with van der Waals surface area (Å²) in [6, 6.07) is 8.15. The largest absolute Gasteiger partial charge is 0.481 e. The fourth-order valence-corrected chi connectivity index (χ4v) is 4.85. The van der Waals surface area contributed by atoms with Gasteiger partial charge in [-0.25, -0.2) is 13.8 Å². The Morgan fingerprint density at radius 3 is 2.72 bits per heavy atom. The average Bonchev–Trinajstić information content (AvgIpc) is 3.26. The van der Waals surface area contributed by atoms with Crippen LogP contribution in [-0.2, 0) is 11.2 Å². The zero-order valence-electron chi connectivity index (χ0n) is 19.8. The maximum absolute atomic E-state index is 14.8. The van der Waals surface area contributed by atoms with E-state index in [2.05, 4.69) is 20.5 Å². The number of carbonyl (C=O) groups is 2. The molecule has 3 aromatic rings. The fraction of sp³-hybridized carbons (Fsp3) is 0.360. The van der Waals surface area contributed by atoms with Gasteiger partial charge in [0.1, 0.15) is 11.6 Å². The van der Waals surface area contributed by atoms with Crippen LogP contribution in [0.4, 0.5) is 20.4 Å². The Morgan fingerprint density at radius 2 is 2.06 bits per heavy atom. The van der Waals surface area contributed by atoms with Gasteiger partial charge in [0, 0.05) is 30.8 Å². The predicted molar refractivity (Wildman–Crippen MR) is 130 cm³/mol. The third-order valence-corrected chi connectivity index (χ3v) is 6.94. The quantitative estimate of drug-likeness (QED) is 0.401. The van der Waals surface area contributed by atoms with Gasteiger partial charge < -0.3 is 15.3 Å². The van der Waals surface area contributed by atoms with E-state index >= 15 is 0 Å². The van der Waals surface area contributed by atoms with Gasteiger partial charge in [-0.1, -0.05) is 24.6 Å². The number of carboxylic acid groups (broad SMARTS) is 1. The zero-order chi connectivity index (χ0) is 26.0. The molecule has 0 aliphatic carbocycles. The molecule has 1 fully saturated rings. The van der Waals surface area contributed by atoms with Crippen LogP contribution in [0.25, 0.3) is 0 Å². The van der Waals surface area contributed by atoms with E-state index in [4.69, 9.17) is 11.6 Å². The molecule has 4 rings (SSSR count). The number of aliphatic carboxylic acids is 1. The fourth-order valence-electron chi connectivity index (χ4n) is 4.68. The summed E-state index contributed by atoms with van der Waals surface area (Å²) in [6.07, 6.45) is 0.417. The summed E-state index contributed by atoms with van der Waals surface area (Å²) in [5, 5.41) is 19.9. The number of carbonyl (C=O) groups excluding carboxylic acids is 1. The lowest BCUT2D eigenvalue weighted by Crippen LogP contribution is -2.53. The van der Waals surface area contributed by atoms with Crippen molar-refractivity contribution in [3.05, 3.63) is 70.0 Å². The number of aryl methyl sites for hydroxylation is 1. The molecule has 0 radical (unpaired) electrons. The van der Waals surface area contributed by atoms with Crippen molar-refractivity contribution in [2.24, 2.45) is 5.41 Å². The summed E-state index contributed by atoms with van der Waals surface area (Å²) in [6.45, 7) is 3.73. The summed E-state index contributed by atoms with van der Waals surface area (Å²) in [7, 11) is 0. The highest BCUT2D eigenvalue weighted by atomic mass is 35.5. The second-order valence-electron chi connectivity index (χ2n) is 9.06. The molecular weight excluding hydrogens is 492 g/mol. The molecule has 0 unspecified atom stereocenters. The van der Waals surface area contributed by atoms with Gasteiger partial charge in [-0.3, -0.25) is 14.7 Å². The molecule has 1 aromatic carbocycles. The molecule has 2 atom stereocenters. The number of nitrogens with one attached hydrogen (secondary N) is 2. The first-order valence-corrected chi connectivity index (χ1v) is 11.9. The number of H-pyrrole nitrogens is 1. The predicted octanol–water partition coefficient (Wildman–Crippen LogP) is 5.12. The van der Waals surface area contributed by atoms with E-state index in [-0.39, 0.29) is 42.1 Å². The molecular formula is C25H26ClF2N5O3. The number of amides is 1. The first kappa shape index (κ1) is 25.6. The highest BCUT2D eigenvalue weighted by Crippen LogP contribution is 2.40. The molecule has 11 heteroatoms. The van der Waals surface area contributed by atoms with Gasteiger partial charge in [-0.05, 0) is 50.5 Å². The Hall–Kier alpha value is -3.53. The molecule has 3 heterocycles. The highest BCUT2D eigenvalue weighted by Gasteiger charge is 2.47. The third-order valence-electron chi connectivity index (χ3n) is 6.65. The summed E-state index contributed by atoms with van der Waals surface area (Å²) < 4.78 is 29.3. The highest BCUT2D eigenvalue weighted by molar-refractivity contribution is 6.31. The van der Waals surface area contributed by atoms with E-state index in [1.54, 1.807) is 6.07 Å². The topological polar surface area (TPSA) is 111 Å². The molecule has 3 N–H and O–H groups in total. The lowest BCUT2D eigenvalue weighted by Gasteiger charge is -2.44. The second kappa shape index (κ2) is 10.2. The van der Waals surface area contributed by atoms with Gasteiger partial charge in [0.2, 0.25) is 0 Å². The lowest BCUT2D eigenvalue weighted by atomic mass is 9.71. The molecule has 1 aliphatic rings. The molecule has 1 amide bonds. The van der Waals surface area contributed by atoms with Gasteiger partial charge >= 0.3 is 5.97 Å². The minimum atomic E-state index is -1.35. The maximum Gasteiger partial charge on any atom is 0.310 e. The number of halogens is 3. The van der Waals surface area contributed by atoms with Crippen LogP contribution in [0.3, 0.4) is 0 Å². The first-order valence-electron chi connectivity index (χ1n) is 11.6. The van der Waals surface area contributed by atoms with Crippen LogP contribution in [0.2, 0.25) is 5.02 Å². The number of rotatable bonds is 7. The summed E-state index contributed by atoms with van der Waals surface area (Å²) in [5.41, 5.74) is -0.678. The standard InChI is InChI=1S/C25H26ClF2N5O3/c1-3-15-12-25(24(35)36,9-10-33(15)23(34)16-5-4-6-17(26)22(16)28)13-19-18(27)7-8-20(29-19)30-21-11-14(2)31-32-21/h4-8,11,15H,3,9-10,12-13H2,1-2H3,(H,35,36)(H2,29,30,31,32)/t15-,25-/m1/s1. The number of aromatic nitrogens is 3. The van der Waals surface area contributed by atoms with Crippen LogP contribution < -0.4 is 5.32 Å². The van der Waals surface area contributed by atoms with Gasteiger partial charge in [0.15, 0.2) is 11.6 Å². The van der Waals surface area contributed by atoms with Crippen molar-refractivity contribution in [2.45, 2.75) is 45.6 Å². The third kappa shape index (κ3) is 5.04. The number of nitrogens with zero attached hydrogens (tertiary/aromatic N) is 3. The number of hydrogen-bond acceptors (Lipinski definition) is 5. The molecule has 1 aliphatic heterocycles. The molecule has 190 valence electrons. The number of carboxylic acids is 1. The second-order valence-corrected chi connectivity index (χ2v) is 9.47. The van der Waals surface area contributed by atoms with E-state index < -0.39 is 35.0 Å². The van der Waals surface area contributed by atoms with Crippen molar-refractivity contribution in [3.63, 3.8) is 0 Å². The number of piperidine rings is 1. The van der Waals surface area contributed by atoms with Crippen molar-refractivity contribution in [1.82, 2.24) is 20.1 Å². The molecule has 2 aromatic heterocycles. The normalized spacial score (nSPS) is 19.8. The van der Waals surface area contributed by atoms with Crippen LogP contribution >= 0.6 is 11.6 Å². The van der Waals surface area contributed by atoms with Crippen molar-refractivity contribution >= 4 is 35.1 Å². The van der Waals surface area contributed by atoms with E-state index in [9.17, 15) is 23.5 Å². The van der Waals surface area contributed by atoms with E-state index in [0.717, 1.165) is 5.69 Å². The van der Waals surface area contributed by atoms with E-state index in [1.165, 1.54) is 35.2 Å². The minimum absolute atomic E-state index is 0.00479. The van der Waals surface area contributed by atoms with E-state index in [0.29, 0.717) is 18.1 Å². The number of hydrogen-bond donors (Lipinski definition) is 3. The molecule has 0 bridgehead atoms. The monoisotopic (exact) mass is 517 g/mol. The van der Waals surface area contributed by atoms with Gasteiger partial charge in [0.05, 0.1) is 21.7 Å². The van der Waals surface area contributed by atoms with Crippen molar-refractivity contribution in [1.29, 1.82) is 0 Å². The minimum Gasteiger partial charge on any atom is -0.481 e. The molecule has 8 nitrogen and oxygen atoms in total. The molecule has 0 spiro atoms. The Labute approximate surface area is 211 Å². The zero-order valence-corrected chi connectivity index (χ0v) is 20.6. The number of anilines is 2. The SMILES string of the molecule is CC[C@@H]1C[C@](Cc2nc(Nc3cc(C)[nH]n3)ccc2F)(C(=O)O)CCN1C(=O)c1cccc(Cl)c1F. The Kier molecular flexibility index (Phi) is 7.26. The molecule has 36 heavy (non-hydrogen) atoms. The lowest BCUT2D eigenvalue weighted by molar-refractivity contribution is -0.153. The first-order chi connectivity index (χ1) is 17.1. The van der Waals surface area contributed by atoms with Crippen LogP contribution in [-0.4, -0.2) is 49.7 Å². The van der Waals surface area contributed by atoms with Gasteiger partial charge in [-0.15, -0.1) is 0 Å². The Morgan fingerprint density at radius 1 is 1.28 bits per heavy atom. The van der Waals surface area contributed by atoms with Crippen molar-refractivity contribution in [2.75, 3.05) is 11.9 Å². The van der Waals surface area contributed by atoms with Gasteiger partial charge in [-0.2, -0.15) is 5.10 Å². The van der Waals surface area contributed by atoms with Crippen molar-refractivity contribution < 1.29 is 23.5 Å². The van der Waals surface area contributed by atoms with E-state index in [1.807, 2.05) is 13.8 Å². The maximum atomic E-state index is 14.8. The molecule has 0 saturated carbocycles.